The van der Waals surface area contributed by atoms with Gasteiger partial charge in [0.25, 0.3) is 0 Å². The first-order valence-electron chi connectivity index (χ1n) is 3.77. The molecule has 2 heteroatoms. The first-order chi connectivity index (χ1) is 4.96. The van der Waals surface area contributed by atoms with Crippen LogP contribution in [0.15, 0.2) is 23.5 Å². The molecule has 0 spiro atoms. The lowest BCUT2D eigenvalue weighted by Gasteiger charge is -2.37. The van der Waals surface area contributed by atoms with E-state index in [0.29, 0.717) is 5.92 Å². The smallest absolute Gasteiger partial charge is 0.0378 e. The summed E-state index contributed by atoms with van der Waals surface area (Å²) in [5.74, 6) is 0.359. The van der Waals surface area contributed by atoms with Gasteiger partial charge in [0.05, 0.1) is 0 Å². The molecule has 1 aliphatic rings. The Hall–Kier alpha value is -0.430. The van der Waals surface area contributed by atoms with Crippen LogP contribution >= 0.6 is 11.6 Å². The number of rotatable bonds is 0. The van der Waals surface area contributed by atoms with Gasteiger partial charge in [0.15, 0.2) is 0 Å². The van der Waals surface area contributed by atoms with Crippen LogP contribution in [0, 0.1) is 11.3 Å². The van der Waals surface area contributed by atoms with E-state index in [2.05, 4.69) is 32.7 Å². The van der Waals surface area contributed by atoms with Gasteiger partial charge in [-0.2, -0.15) is 0 Å². The highest BCUT2D eigenvalue weighted by atomic mass is 35.5. The quantitative estimate of drug-likeness (QED) is 0.591. The van der Waals surface area contributed by atoms with E-state index in [1.807, 2.05) is 6.20 Å². The summed E-state index contributed by atoms with van der Waals surface area (Å²) in [4.78, 5) is 0. The summed E-state index contributed by atoms with van der Waals surface area (Å²) in [5, 5.41) is 3.94. The summed E-state index contributed by atoms with van der Waals surface area (Å²) in [5.41, 5.74) is 1.10. The lowest BCUT2D eigenvalue weighted by Crippen LogP contribution is -2.34. The van der Waals surface area contributed by atoms with Gasteiger partial charge < -0.3 is 5.32 Å². The molecular weight excluding hydrogens is 158 g/mol. The van der Waals surface area contributed by atoms with Crippen LogP contribution in [-0.2, 0) is 0 Å². The Bertz CT molecular complexity index is 216. The molecule has 0 bridgehead atoms. The SMILES string of the molecule is C=C1NC=C(Cl)[C@H](C)C1(C)C. The molecule has 0 aliphatic carbocycles. The van der Waals surface area contributed by atoms with Gasteiger partial charge in [0.1, 0.15) is 0 Å². The monoisotopic (exact) mass is 171 g/mol. The molecule has 0 aromatic heterocycles. The van der Waals surface area contributed by atoms with Crippen molar-refractivity contribution in [3.05, 3.63) is 23.5 Å². The Balaban J connectivity index is 2.98. The van der Waals surface area contributed by atoms with E-state index >= 15 is 0 Å². The molecule has 1 atom stereocenters. The molecule has 11 heavy (non-hydrogen) atoms. The third kappa shape index (κ3) is 1.30. The van der Waals surface area contributed by atoms with E-state index in [-0.39, 0.29) is 5.41 Å². The molecule has 0 saturated carbocycles. The fourth-order valence-electron chi connectivity index (χ4n) is 1.07. The number of allylic oxidation sites excluding steroid dienone is 2. The van der Waals surface area contributed by atoms with E-state index in [1.165, 1.54) is 0 Å². The van der Waals surface area contributed by atoms with Crippen molar-refractivity contribution in [1.82, 2.24) is 5.32 Å². The molecule has 1 rings (SSSR count). The van der Waals surface area contributed by atoms with E-state index in [4.69, 9.17) is 11.6 Å². The molecule has 0 unspecified atom stereocenters. The van der Waals surface area contributed by atoms with Crippen LogP contribution in [-0.4, -0.2) is 0 Å². The van der Waals surface area contributed by atoms with Gasteiger partial charge in [-0.25, -0.2) is 0 Å². The standard InChI is InChI=1S/C9H14ClN/c1-6-8(10)5-11-7(2)9(6,3)4/h5-6,11H,2H2,1,3-4H3/t6-/m0/s1. The highest BCUT2D eigenvalue weighted by Gasteiger charge is 2.33. The summed E-state index contributed by atoms with van der Waals surface area (Å²) in [7, 11) is 0. The Morgan fingerprint density at radius 2 is 2.18 bits per heavy atom. The van der Waals surface area contributed by atoms with Crippen LogP contribution in [0.1, 0.15) is 20.8 Å². The van der Waals surface area contributed by atoms with Crippen molar-refractivity contribution in [1.29, 1.82) is 0 Å². The average molecular weight is 172 g/mol. The zero-order valence-corrected chi connectivity index (χ0v) is 8.00. The summed E-state index contributed by atoms with van der Waals surface area (Å²) >= 11 is 5.97. The van der Waals surface area contributed by atoms with Gasteiger partial charge in [-0.3, -0.25) is 0 Å². The minimum atomic E-state index is 0.0613. The van der Waals surface area contributed by atoms with Gasteiger partial charge in [0.2, 0.25) is 0 Å². The molecule has 0 aromatic rings. The van der Waals surface area contributed by atoms with Gasteiger partial charge >= 0.3 is 0 Å². The second-order valence-corrected chi connectivity index (χ2v) is 4.03. The summed E-state index contributed by atoms with van der Waals surface area (Å²) in [6.07, 6.45) is 1.82. The minimum Gasteiger partial charge on any atom is -0.364 e. The number of nitrogens with one attached hydrogen (secondary N) is 1. The maximum absolute atomic E-state index is 5.97. The van der Waals surface area contributed by atoms with Gasteiger partial charge in [-0.05, 0) is 0 Å². The highest BCUT2D eigenvalue weighted by molar-refractivity contribution is 6.29. The maximum Gasteiger partial charge on any atom is 0.0378 e. The first-order valence-corrected chi connectivity index (χ1v) is 4.15. The number of hydrogen-bond donors (Lipinski definition) is 1. The van der Waals surface area contributed by atoms with Crippen LogP contribution in [0.2, 0.25) is 0 Å². The molecule has 0 fully saturated rings. The minimum absolute atomic E-state index is 0.0613. The van der Waals surface area contributed by atoms with Crippen LogP contribution in [0.3, 0.4) is 0 Å². The third-order valence-corrected chi connectivity index (χ3v) is 3.09. The Kier molecular flexibility index (Phi) is 2.02. The molecule has 0 radical (unpaired) electrons. The predicted octanol–water partition coefficient (Wildman–Crippen LogP) is 2.85. The largest absolute Gasteiger partial charge is 0.364 e. The Labute approximate surface area is 73.1 Å². The fraction of sp³-hybridized carbons (Fsp3) is 0.556. The van der Waals surface area contributed by atoms with Crippen LogP contribution in [0.25, 0.3) is 0 Å². The van der Waals surface area contributed by atoms with Crippen LogP contribution < -0.4 is 5.32 Å². The van der Waals surface area contributed by atoms with Crippen molar-refractivity contribution in [3.8, 4) is 0 Å². The topological polar surface area (TPSA) is 12.0 Å². The second kappa shape index (κ2) is 2.56. The highest BCUT2D eigenvalue weighted by Crippen LogP contribution is 2.40. The van der Waals surface area contributed by atoms with Crippen molar-refractivity contribution in [2.75, 3.05) is 0 Å². The molecule has 1 heterocycles. The van der Waals surface area contributed by atoms with Crippen molar-refractivity contribution < 1.29 is 0 Å². The molecule has 0 amide bonds. The van der Waals surface area contributed by atoms with Crippen LogP contribution in [0.4, 0.5) is 0 Å². The van der Waals surface area contributed by atoms with Crippen molar-refractivity contribution >= 4 is 11.6 Å². The normalized spacial score (nSPS) is 29.3. The van der Waals surface area contributed by atoms with E-state index < -0.39 is 0 Å². The summed E-state index contributed by atoms with van der Waals surface area (Å²) in [6, 6.07) is 0. The first kappa shape index (κ1) is 8.66. The Morgan fingerprint density at radius 1 is 1.64 bits per heavy atom. The zero-order valence-electron chi connectivity index (χ0n) is 7.24. The third-order valence-electron chi connectivity index (χ3n) is 2.66. The lowest BCUT2D eigenvalue weighted by atomic mass is 9.76. The maximum atomic E-state index is 5.97. The molecular formula is C9H14ClN. The van der Waals surface area contributed by atoms with Gasteiger partial charge in [0, 0.05) is 28.3 Å². The molecule has 1 nitrogen and oxygen atoms in total. The Morgan fingerprint density at radius 3 is 2.64 bits per heavy atom. The van der Waals surface area contributed by atoms with Crippen molar-refractivity contribution in [2.45, 2.75) is 20.8 Å². The molecule has 0 aromatic carbocycles. The summed E-state index contributed by atoms with van der Waals surface area (Å²) < 4.78 is 0. The predicted molar refractivity (Wildman–Crippen MR) is 49.2 cm³/mol. The number of halogens is 1. The fourth-order valence-corrected chi connectivity index (χ4v) is 1.40. The van der Waals surface area contributed by atoms with Crippen molar-refractivity contribution in [2.24, 2.45) is 11.3 Å². The van der Waals surface area contributed by atoms with Gasteiger partial charge in [-0.15, -0.1) is 0 Å². The summed E-state index contributed by atoms with van der Waals surface area (Å²) in [6.45, 7) is 10.3. The van der Waals surface area contributed by atoms with E-state index in [0.717, 1.165) is 10.7 Å². The zero-order chi connectivity index (χ0) is 8.65. The molecule has 1 N–H and O–H groups in total. The second-order valence-electron chi connectivity index (χ2n) is 3.60. The van der Waals surface area contributed by atoms with Gasteiger partial charge in [-0.1, -0.05) is 39.0 Å². The van der Waals surface area contributed by atoms with E-state index in [1.54, 1.807) is 0 Å². The van der Waals surface area contributed by atoms with Crippen LogP contribution in [0.5, 0.6) is 0 Å². The molecule has 62 valence electrons. The average Bonchev–Trinajstić information content (AvgIpc) is 1.95. The number of hydrogen-bond acceptors (Lipinski definition) is 1. The molecule has 1 aliphatic heterocycles. The molecule has 0 saturated heterocycles. The lowest BCUT2D eigenvalue weighted by molar-refractivity contribution is 0.311. The van der Waals surface area contributed by atoms with E-state index in [9.17, 15) is 0 Å². The van der Waals surface area contributed by atoms with Crippen molar-refractivity contribution in [3.63, 3.8) is 0 Å².